The maximum Gasteiger partial charge on any atom is 0.166 e. The van der Waals surface area contributed by atoms with Gasteiger partial charge in [0.1, 0.15) is 5.75 Å². The van der Waals surface area contributed by atoms with E-state index in [2.05, 4.69) is 9.88 Å². The average molecular weight is 296 g/mol. The Labute approximate surface area is 130 Å². The highest BCUT2D eigenvalue weighted by Gasteiger charge is 2.25. The van der Waals surface area contributed by atoms with Crippen LogP contribution in [0.5, 0.6) is 5.75 Å². The number of nitrogens with zero attached hydrogens (tertiary/aromatic N) is 2. The lowest BCUT2D eigenvalue weighted by molar-refractivity contribution is 0.0900. The normalized spacial score (nSPS) is 15.6. The molecule has 22 heavy (non-hydrogen) atoms. The number of piperidine rings is 1. The molecule has 0 atom stereocenters. The van der Waals surface area contributed by atoms with Gasteiger partial charge in [-0.25, -0.2) is 0 Å². The number of Topliss-reactive ketones (excluding diaryl/α,β-unsaturated/α-hetero) is 1. The molecule has 1 saturated heterocycles. The summed E-state index contributed by atoms with van der Waals surface area (Å²) in [5.41, 5.74) is 1.97. The predicted octanol–water partition coefficient (Wildman–Crippen LogP) is 3.19. The van der Waals surface area contributed by atoms with Crippen LogP contribution in [0.25, 0.3) is 0 Å². The zero-order chi connectivity index (χ0) is 15.4. The quantitative estimate of drug-likeness (QED) is 0.813. The first-order chi connectivity index (χ1) is 10.8. The van der Waals surface area contributed by atoms with E-state index in [9.17, 15) is 4.79 Å². The summed E-state index contributed by atoms with van der Waals surface area (Å²) in [6, 6.07) is 11.4. The summed E-state index contributed by atoms with van der Waals surface area (Å²) in [5, 5.41) is 0. The minimum Gasteiger partial charge on any atom is -0.497 e. The predicted molar refractivity (Wildman–Crippen MR) is 86.5 cm³/mol. The van der Waals surface area contributed by atoms with Crippen LogP contribution in [0.15, 0.2) is 48.8 Å². The van der Waals surface area contributed by atoms with E-state index in [0.717, 1.165) is 37.2 Å². The summed E-state index contributed by atoms with van der Waals surface area (Å²) in [5.74, 6) is 1.15. The molecule has 2 heterocycles. The van der Waals surface area contributed by atoms with Gasteiger partial charge in [-0.1, -0.05) is 0 Å². The van der Waals surface area contributed by atoms with Crippen molar-refractivity contribution in [1.82, 2.24) is 4.98 Å². The van der Waals surface area contributed by atoms with Crippen molar-refractivity contribution in [2.75, 3.05) is 25.1 Å². The number of ether oxygens (including phenoxy) is 1. The lowest BCUT2D eigenvalue weighted by Gasteiger charge is -2.32. The number of aromatic nitrogens is 1. The molecule has 4 heteroatoms. The van der Waals surface area contributed by atoms with Crippen LogP contribution >= 0.6 is 0 Å². The Morgan fingerprint density at radius 3 is 2.32 bits per heavy atom. The minimum absolute atomic E-state index is 0.117. The summed E-state index contributed by atoms with van der Waals surface area (Å²) in [4.78, 5) is 18.9. The van der Waals surface area contributed by atoms with Crippen LogP contribution in [0.2, 0.25) is 0 Å². The number of hydrogen-bond acceptors (Lipinski definition) is 4. The van der Waals surface area contributed by atoms with E-state index in [1.54, 1.807) is 7.11 Å². The molecule has 0 bridgehead atoms. The molecule has 0 radical (unpaired) electrons. The van der Waals surface area contributed by atoms with Gasteiger partial charge in [0.05, 0.1) is 7.11 Å². The van der Waals surface area contributed by atoms with E-state index in [-0.39, 0.29) is 11.7 Å². The number of ketones is 1. The summed E-state index contributed by atoms with van der Waals surface area (Å²) >= 11 is 0. The number of pyridine rings is 1. The number of rotatable bonds is 4. The summed E-state index contributed by atoms with van der Waals surface area (Å²) in [6.07, 6.45) is 5.41. The Hall–Kier alpha value is -2.36. The Morgan fingerprint density at radius 2 is 1.73 bits per heavy atom. The van der Waals surface area contributed by atoms with Gasteiger partial charge in [0, 0.05) is 42.7 Å². The van der Waals surface area contributed by atoms with Gasteiger partial charge in [-0.05, 0) is 49.2 Å². The highest BCUT2D eigenvalue weighted by Crippen LogP contribution is 2.26. The monoisotopic (exact) mass is 296 g/mol. The Kier molecular flexibility index (Phi) is 4.37. The fourth-order valence-corrected chi connectivity index (χ4v) is 2.95. The number of methoxy groups -OCH3 is 1. The van der Waals surface area contributed by atoms with Gasteiger partial charge in [0.2, 0.25) is 0 Å². The standard InChI is InChI=1S/C18H20N2O2/c1-22-17-4-2-14(3-5-17)18(21)15-8-12-20(13-9-15)16-6-10-19-11-7-16/h2-7,10-11,15H,8-9,12-13H2,1H3. The Balaban J connectivity index is 1.62. The van der Waals surface area contributed by atoms with Gasteiger partial charge in [-0.2, -0.15) is 0 Å². The van der Waals surface area contributed by atoms with E-state index in [1.165, 1.54) is 5.69 Å². The molecule has 0 unspecified atom stereocenters. The van der Waals surface area contributed by atoms with Crippen LogP contribution in [-0.4, -0.2) is 31.0 Å². The number of benzene rings is 1. The first-order valence-electron chi connectivity index (χ1n) is 7.61. The second kappa shape index (κ2) is 6.60. The molecule has 0 saturated carbocycles. The van der Waals surface area contributed by atoms with Crippen molar-refractivity contribution in [2.24, 2.45) is 5.92 Å². The summed E-state index contributed by atoms with van der Waals surface area (Å²) < 4.78 is 5.13. The van der Waals surface area contributed by atoms with Crippen LogP contribution in [0.4, 0.5) is 5.69 Å². The third-order valence-corrected chi connectivity index (χ3v) is 4.27. The molecule has 0 N–H and O–H groups in total. The molecule has 1 aliphatic rings. The van der Waals surface area contributed by atoms with Crippen molar-refractivity contribution in [3.05, 3.63) is 54.4 Å². The third-order valence-electron chi connectivity index (χ3n) is 4.27. The largest absolute Gasteiger partial charge is 0.497 e. The van der Waals surface area contributed by atoms with Crippen molar-refractivity contribution in [3.63, 3.8) is 0 Å². The molecule has 1 aromatic heterocycles. The van der Waals surface area contributed by atoms with Crippen LogP contribution in [0.1, 0.15) is 23.2 Å². The van der Waals surface area contributed by atoms with Crippen molar-refractivity contribution in [1.29, 1.82) is 0 Å². The molecule has 1 aromatic carbocycles. The first-order valence-corrected chi connectivity index (χ1v) is 7.61. The fourth-order valence-electron chi connectivity index (χ4n) is 2.95. The van der Waals surface area contributed by atoms with Crippen LogP contribution < -0.4 is 9.64 Å². The molecule has 114 valence electrons. The lowest BCUT2D eigenvalue weighted by atomic mass is 9.88. The zero-order valence-electron chi connectivity index (χ0n) is 12.7. The van der Waals surface area contributed by atoms with Crippen molar-refractivity contribution >= 4 is 11.5 Å². The van der Waals surface area contributed by atoms with Gasteiger partial charge >= 0.3 is 0 Å². The van der Waals surface area contributed by atoms with Gasteiger partial charge in [0.25, 0.3) is 0 Å². The second-order valence-electron chi connectivity index (χ2n) is 5.56. The first kappa shape index (κ1) is 14.6. The molecular formula is C18H20N2O2. The van der Waals surface area contributed by atoms with E-state index < -0.39 is 0 Å². The number of hydrogen-bond donors (Lipinski definition) is 0. The third kappa shape index (κ3) is 3.11. The smallest absolute Gasteiger partial charge is 0.166 e. The minimum atomic E-state index is 0.117. The van der Waals surface area contributed by atoms with Crippen LogP contribution in [0.3, 0.4) is 0 Å². The summed E-state index contributed by atoms with van der Waals surface area (Å²) in [6.45, 7) is 1.83. The topological polar surface area (TPSA) is 42.4 Å². The molecular weight excluding hydrogens is 276 g/mol. The molecule has 0 amide bonds. The van der Waals surface area contributed by atoms with Crippen molar-refractivity contribution in [2.45, 2.75) is 12.8 Å². The zero-order valence-corrected chi connectivity index (χ0v) is 12.7. The van der Waals surface area contributed by atoms with E-state index in [1.807, 2.05) is 48.8 Å². The molecule has 3 rings (SSSR count). The van der Waals surface area contributed by atoms with Crippen LogP contribution in [-0.2, 0) is 0 Å². The molecule has 4 nitrogen and oxygen atoms in total. The lowest BCUT2D eigenvalue weighted by Crippen LogP contribution is -2.36. The van der Waals surface area contributed by atoms with Gasteiger partial charge in [-0.3, -0.25) is 9.78 Å². The highest BCUT2D eigenvalue weighted by atomic mass is 16.5. The van der Waals surface area contributed by atoms with E-state index in [0.29, 0.717) is 0 Å². The Bertz CT molecular complexity index is 617. The van der Waals surface area contributed by atoms with Gasteiger partial charge < -0.3 is 9.64 Å². The van der Waals surface area contributed by atoms with Crippen LogP contribution in [0, 0.1) is 5.92 Å². The SMILES string of the molecule is COc1ccc(C(=O)C2CCN(c3ccncc3)CC2)cc1. The molecule has 0 aliphatic carbocycles. The number of anilines is 1. The van der Waals surface area contributed by atoms with Gasteiger partial charge in [-0.15, -0.1) is 0 Å². The molecule has 0 spiro atoms. The maximum absolute atomic E-state index is 12.6. The molecule has 2 aromatic rings. The molecule has 1 fully saturated rings. The fraction of sp³-hybridized carbons (Fsp3) is 0.333. The van der Waals surface area contributed by atoms with E-state index in [4.69, 9.17) is 4.74 Å². The van der Waals surface area contributed by atoms with Crippen molar-refractivity contribution in [3.8, 4) is 5.75 Å². The van der Waals surface area contributed by atoms with E-state index >= 15 is 0 Å². The second-order valence-corrected chi connectivity index (χ2v) is 5.56. The van der Waals surface area contributed by atoms with Gasteiger partial charge in [0.15, 0.2) is 5.78 Å². The number of carbonyl (C=O) groups is 1. The Morgan fingerprint density at radius 1 is 1.09 bits per heavy atom. The maximum atomic E-state index is 12.6. The highest BCUT2D eigenvalue weighted by molar-refractivity contribution is 5.98. The molecule has 1 aliphatic heterocycles. The average Bonchev–Trinajstić information content (AvgIpc) is 2.62. The van der Waals surface area contributed by atoms with Crippen molar-refractivity contribution < 1.29 is 9.53 Å². The summed E-state index contributed by atoms with van der Waals surface area (Å²) in [7, 11) is 1.63. The number of carbonyl (C=O) groups excluding carboxylic acids is 1.